The van der Waals surface area contributed by atoms with E-state index in [1.54, 1.807) is 13.0 Å². The monoisotopic (exact) mass is 508 g/mol. The van der Waals surface area contributed by atoms with E-state index in [0.29, 0.717) is 23.7 Å². The Bertz CT molecular complexity index is 881. The number of rotatable bonds is 8. The maximum absolute atomic E-state index is 14.3. The third kappa shape index (κ3) is 6.64. The van der Waals surface area contributed by atoms with Crippen molar-refractivity contribution in [1.29, 1.82) is 0 Å². The van der Waals surface area contributed by atoms with E-state index in [1.807, 2.05) is 6.08 Å². The van der Waals surface area contributed by atoms with E-state index in [4.69, 9.17) is 14.2 Å². The number of hydrogen-bond acceptors (Lipinski definition) is 4. The van der Waals surface area contributed by atoms with Crippen molar-refractivity contribution in [1.82, 2.24) is 0 Å². The molecule has 1 aromatic rings. The summed E-state index contributed by atoms with van der Waals surface area (Å²) < 4.78 is 57.0. The Morgan fingerprint density at radius 3 is 2.03 bits per heavy atom. The zero-order valence-electron chi connectivity index (χ0n) is 21.2. The Morgan fingerprint density at radius 1 is 0.889 bits per heavy atom. The van der Waals surface area contributed by atoms with Gasteiger partial charge in [0.1, 0.15) is 6.67 Å². The largest absolute Gasteiger partial charge is 0.491 e. The maximum Gasteiger partial charge on any atom is 0.314 e. The first-order valence-electron chi connectivity index (χ1n) is 13.7. The summed E-state index contributed by atoms with van der Waals surface area (Å²) in [5.41, 5.74) is 0. The van der Waals surface area contributed by atoms with E-state index in [1.165, 1.54) is 37.8 Å². The molecule has 0 amide bonds. The number of alkyl halides is 1. The van der Waals surface area contributed by atoms with Crippen molar-refractivity contribution in [3.63, 3.8) is 0 Å². The fraction of sp³-hybridized carbons (Fsp3) is 0.690. The summed E-state index contributed by atoms with van der Waals surface area (Å²) >= 11 is 0. The molecular weight excluding hydrogens is 469 g/mol. The summed E-state index contributed by atoms with van der Waals surface area (Å²) in [6.45, 7) is 2.25. The predicted molar refractivity (Wildman–Crippen MR) is 132 cm³/mol. The molecule has 3 fully saturated rings. The molecule has 7 heteroatoms. The number of ether oxygens (including phenoxy) is 3. The van der Waals surface area contributed by atoms with Crippen molar-refractivity contribution in [2.24, 2.45) is 29.6 Å². The standard InChI is InChI=1S/C29H39F3O4/c1-2-34-25-15-16-26(28(32)27(25)31)36-29(33)22-11-9-20(10-12-22)19-5-7-21(8-6-19)23-13-14-24(35-18-23)4-3-17-30/h3-4,15-16,19-24H,2,5-14,17-18H2,1H3. The lowest BCUT2D eigenvalue weighted by Gasteiger charge is -2.41. The van der Waals surface area contributed by atoms with Crippen LogP contribution in [0, 0.1) is 41.2 Å². The maximum atomic E-state index is 14.3. The van der Waals surface area contributed by atoms with Crippen molar-refractivity contribution < 1.29 is 32.2 Å². The molecule has 2 unspecified atom stereocenters. The zero-order chi connectivity index (χ0) is 25.5. The SMILES string of the molecule is CCOc1ccc(OC(=O)C2CCC(C3CCC(C4CCC(C=CCF)OC4)CC3)CC2)c(F)c1F. The van der Waals surface area contributed by atoms with Gasteiger partial charge in [-0.15, -0.1) is 0 Å². The highest BCUT2D eigenvalue weighted by molar-refractivity contribution is 5.75. The Hall–Kier alpha value is -2.02. The first-order chi connectivity index (χ1) is 17.5. The molecule has 2 aliphatic carbocycles. The van der Waals surface area contributed by atoms with Crippen LogP contribution >= 0.6 is 0 Å². The summed E-state index contributed by atoms with van der Waals surface area (Å²) in [6.07, 6.45) is 13.9. The third-order valence-corrected chi connectivity index (χ3v) is 8.56. The van der Waals surface area contributed by atoms with Crippen LogP contribution in [0.2, 0.25) is 0 Å². The number of carbonyl (C=O) groups excluding carboxylic acids is 1. The third-order valence-electron chi connectivity index (χ3n) is 8.56. The molecule has 1 aromatic carbocycles. The summed E-state index contributed by atoms with van der Waals surface area (Å²) in [4.78, 5) is 12.6. The molecule has 4 rings (SSSR count). The molecule has 36 heavy (non-hydrogen) atoms. The van der Waals surface area contributed by atoms with Crippen LogP contribution in [0.25, 0.3) is 0 Å². The lowest BCUT2D eigenvalue weighted by atomic mass is 9.67. The number of halogens is 3. The number of carbonyl (C=O) groups is 1. The van der Waals surface area contributed by atoms with Crippen LogP contribution in [0.3, 0.4) is 0 Å². The van der Waals surface area contributed by atoms with Crippen molar-refractivity contribution in [3.8, 4) is 11.5 Å². The van der Waals surface area contributed by atoms with Crippen molar-refractivity contribution >= 4 is 5.97 Å². The van der Waals surface area contributed by atoms with Crippen molar-refractivity contribution in [3.05, 3.63) is 35.9 Å². The van der Waals surface area contributed by atoms with Gasteiger partial charge in [0.25, 0.3) is 0 Å². The van der Waals surface area contributed by atoms with E-state index in [0.717, 1.165) is 45.1 Å². The van der Waals surface area contributed by atoms with Gasteiger partial charge in [-0.2, -0.15) is 8.78 Å². The molecule has 4 nitrogen and oxygen atoms in total. The molecule has 2 saturated carbocycles. The van der Waals surface area contributed by atoms with Crippen molar-refractivity contribution in [2.45, 2.75) is 77.2 Å². The van der Waals surface area contributed by atoms with Gasteiger partial charge in [0.2, 0.25) is 11.6 Å². The molecule has 1 heterocycles. The second-order valence-electron chi connectivity index (χ2n) is 10.6. The highest BCUT2D eigenvalue weighted by Crippen LogP contribution is 2.44. The lowest BCUT2D eigenvalue weighted by molar-refractivity contribution is -0.140. The normalized spacial score (nSPS) is 31.3. The quantitative estimate of drug-likeness (QED) is 0.212. The molecule has 2 atom stereocenters. The van der Waals surface area contributed by atoms with E-state index in [9.17, 15) is 18.0 Å². The second-order valence-corrected chi connectivity index (χ2v) is 10.6. The number of esters is 1. The van der Waals surface area contributed by atoms with Crippen LogP contribution in [-0.4, -0.2) is 32.0 Å². The van der Waals surface area contributed by atoms with Gasteiger partial charge in [-0.1, -0.05) is 12.2 Å². The molecule has 1 saturated heterocycles. The van der Waals surface area contributed by atoms with Gasteiger partial charge in [-0.05, 0) is 107 Å². The number of allylic oxidation sites excluding steroid dienone is 1. The molecule has 0 aromatic heterocycles. The van der Waals surface area contributed by atoms with Crippen molar-refractivity contribution in [2.75, 3.05) is 19.9 Å². The van der Waals surface area contributed by atoms with E-state index in [2.05, 4.69) is 0 Å². The van der Waals surface area contributed by atoms with Crippen LogP contribution in [0.5, 0.6) is 11.5 Å². The van der Waals surface area contributed by atoms with Gasteiger partial charge >= 0.3 is 5.97 Å². The number of hydrogen-bond donors (Lipinski definition) is 0. The smallest absolute Gasteiger partial charge is 0.314 e. The fourth-order valence-electron chi connectivity index (χ4n) is 6.48. The molecule has 200 valence electrons. The molecule has 0 N–H and O–H groups in total. The van der Waals surface area contributed by atoms with Gasteiger partial charge in [0, 0.05) is 0 Å². The van der Waals surface area contributed by atoms with E-state index in [-0.39, 0.29) is 30.1 Å². The summed E-state index contributed by atoms with van der Waals surface area (Å²) in [6, 6.07) is 2.54. The topological polar surface area (TPSA) is 44.8 Å². The minimum atomic E-state index is -1.19. The number of benzene rings is 1. The van der Waals surface area contributed by atoms with Gasteiger partial charge in [0.05, 0.1) is 25.2 Å². The molecule has 0 spiro atoms. The van der Waals surface area contributed by atoms with Crippen LogP contribution in [0.15, 0.2) is 24.3 Å². The van der Waals surface area contributed by atoms with Crippen LogP contribution in [0.4, 0.5) is 13.2 Å². The van der Waals surface area contributed by atoms with Crippen LogP contribution in [0.1, 0.15) is 71.1 Å². The molecule has 0 bridgehead atoms. The first-order valence-corrected chi connectivity index (χ1v) is 13.7. The minimum absolute atomic E-state index is 0.0696. The second kappa shape index (κ2) is 13.0. The Morgan fingerprint density at radius 2 is 1.44 bits per heavy atom. The molecule has 0 radical (unpaired) electrons. The van der Waals surface area contributed by atoms with E-state index >= 15 is 0 Å². The Kier molecular flexibility index (Phi) is 9.74. The Labute approximate surface area is 212 Å². The molecule has 1 aliphatic heterocycles. The van der Waals surface area contributed by atoms with Gasteiger partial charge in [-0.25, -0.2) is 4.39 Å². The van der Waals surface area contributed by atoms with Crippen LogP contribution < -0.4 is 9.47 Å². The first kappa shape index (κ1) is 27.0. The average molecular weight is 509 g/mol. The van der Waals surface area contributed by atoms with Gasteiger partial charge in [-0.3, -0.25) is 4.79 Å². The predicted octanol–water partition coefficient (Wildman–Crippen LogP) is 7.20. The summed E-state index contributed by atoms with van der Waals surface area (Å²) in [5.74, 6) is -0.990. The lowest BCUT2D eigenvalue weighted by Crippen LogP contribution is -2.34. The van der Waals surface area contributed by atoms with Crippen LogP contribution in [-0.2, 0) is 9.53 Å². The van der Waals surface area contributed by atoms with E-state index < -0.39 is 24.3 Å². The highest BCUT2D eigenvalue weighted by atomic mass is 19.2. The summed E-state index contributed by atoms with van der Waals surface area (Å²) in [7, 11) is 0. The van der Waals surface area contributed by atoms with Gasteiger partial charge < -0.3 is 14.2 Å². The highest BCUT2D eigenvalue weighted by Gasteiger charge is 2.36. The zero-order valence-corrected chi connectivity index (χ0v) is 21.2. The van der Waals surface area contributed by atoms with Gasteiger partial charge in [0.15, 0.2) is 11.5 Å². The average Bonchev–Trinajstić information content (AvgIpc) is 2.92. The molecule has 3 aliphatic rings. The minimum Gasteiger partial charge on any atom is -0.491 e. The fourth-order valence-corrected chi connectivity index (χ4v) is 6.48. The molecular formula is C29H39F3O4. The summed E-state index contributed by atoms with van der Waals surface area (Å²) in [5, 5.41) is 0. The Balaban J connectivity index is 1.19.